The Bertz CT molecular complexity index is 1540. The predicted octanol–water partition coefficient (Wildman–Crippen LogP) is 2.82. The number of hydrogen-bond donors (Lipinski definition) is 1. The Balaban J connectivity index is 1.75. The molecule has 9 nitrogen and oxygen atoms in total. The Morgan fingerprint density at radius 2 is 1.50 bits per heavy atom. The van der Waals surface area contributed by atoms with Crippen LogP contribution in [0.15, 0.2) is 82.6 Å². The molecule has 1 unspecified atom stereocenters. The summed E-state index contributed by atoms with van der Waals surface area (Å²) in [4.78, 5) is 27.0. The number of carbonyl (C=O) groups is 2. The van der Waals surface area contributed by atoms with Crippen LogP contribution >= 0.6 is 11.6 Å². The Morgan fingerprint density at radius 1 is 0.917 bits per heavy atom. The molecule has 0 aromatic heterocycles. The van der Waals surface area contributed by atoms with E-state index < -0.39 is 44.3 Å². The average Bonchev–Trinajstić information content (AvgIpc) is 3.11. The van der Waals surface area contributed by atoms with E-state index >= 15 is 0 Å². The Hall–Kier alpha value is -3.09. The van der Waals surface area contributed by atoms with E-state index in [9.17, 15) is 26.4 Å². The van der Waals surface area contributed by atoms with Gasteiger partial charge in [-0.1, -0.05) is 47.5 Å². The number of benzene rings is 3. The van der Waals surface area contributed by atoms with Gasteiger partial charge in [0.2, 0.25) is 26.0 Å². The van der Waals surface area contributed by atoms with Crippen molar-refractivity contribution in [3.8, 4) is 0 Å². The minimum absolute atomic E-state index is 0.0312. The fourth-order valence-electron chi connectivity index (χ4n) is 3.90. The first kappa shape index (κ1) is 26.0. The van der Waals surface area contributed by atoms with Crippen molar-refractivity contribution in [2.24, 2.45) is 5.14 Å². The molecule has 36 heavy (non-hydrogen) atoms. The number of rotatable bonds is 7. The van der Waals surface area contributed by atoms with Crippen molar-refractivity contribution in [2.75, 3.05) is 4.90 Å². The van der Waals surface area contributed by atoms with Gasteiger partial charge in [-0.05, 0) is 55.0 Å². The molecule has 0 spiro atoms. The molecule has 2 N–H and O–H groups in total. The molecule has 0 bridgehead atoms. The number of nitrogens with two attached hydrogens (primary N) is 1. The van der Waals surface area contributed by atoms with Crippen molar-refractivity contribution in [3.63, 3.8) is 0 Å². The quantitative estimate of drug-likeness (QED) is 0.452. The highest BCUT2D eigenvalue weighted by Gasteiger charge is 2.47. The van der Waals surface area contributed by atoms with Gasteiger partial charge in [0.1, 0.15) is 6.04 Å². The SMILES string of the molecule is Cc1ccc(S(=O)(=O)N(Cc2ccccc2Cl)C2CC(=O)N(c3ccc(S(N)(=O)=O)cc3)C2=O)cc1. The van der Waals surface area contributed by atoms with Gasteiger partial charge >= 0.3 is 0 Å². The van der Waals surface area contributed by atoms with Gasteiger partial charge in [0.05, 0.1) is 21.9 Å². The van der Waals surface area contributed by atoms with Crippen LogP contribution in [0.5, 0.6) is 0 Å². The van der Waals surface area contributed by atoms with Gasteiger partial charge in [-0.3, -0.25) is 9.59 Å². The molecule has 3 aromatic carbocycles. The largest absolute Gasteiger partial charge is 0.274 e. The lowest BCUT2D eigenvalue weighted by molar-refractivity contribution is -0.122. The van der Waals surface area contributed by atoms with Crippen molar-refractivity contribution in [1.29, 1.82) is 0 Å². The summed E-state index contributed by atoms with van der Waals surface area (Å²) < 4.78 is 51.5. The minimum atomic E-state index is -4.23. The van der Waals surface area contributed by atoms with E-state index in [1.165, 1.54) is 36.4 Å². The second-order valence-electron chi connectivity index (χ2n) is 8.28. The first-order valence-electron chi connectivity index (χ1n) is 10.7. The van der Waals surface area contributed by atoms with Crippen LogP contribution < -0.4 is 10.0 Å². The van der Waals surface area contributed by atoms with Crippen LogP contribution in [0.2, 0.25) is 5.02 Å². The second kappa shape index (κ2) is 9.75. The molecular formula is C24H22ClN3O6S2. The van der Waals surface area contributed by atoms with Crippen LogP contribution in [-0.2, 0) is 36.2 Å². The maximum absolute atomic E-state index is 13.7. The fraction of sp³-hybridized carbons (Fsp3) is 0.167. The summed E-state index contributed by atoms with van der Waals surface area (Å²) in [5.74, 6) is -1.39. The van der Waals surface area contributed by atoms with Crippen LogP contribution in [0.4, 0.5) is 5.69 Å². The zero-order chi connectivity index (χ0) is 26.3. The zero-order valence-corrected chi connectivity index (χ0v) is 21.4. The van der Waals surface area contributed by atoms with Gasteiger partial charge in [-0.15, -0.1) is 0 Å². The molecule has 12 heteroatoms. The van der Waals surface area contributed by atoms with E-state index in [2.05, 4.69) is 0 Å². The summed E-state index contributed by atoms with van der Waals surface area (Å²) >= 11 is 6.29. The Morgan fingerprint density at radius 3 is 2.08 bits per heavy atom. The van der Waals surface area contributed by atoms with Crippen LogP contribution in [0.3, 0.4) is 0 Å². The van der Waals surface area contributed by atoms with Crippen LogP contribution in [0.25, 0.3) is 0 Å². The maximum Gasteiger partial charge on any atom is 0.252 e. The number of sulfonamides is 2. The van der Waals surface area contributed by atoms with Crippen LogP contribution in [0.1, 0.15) is 17.5 Å². The molecule has 1 atom stereocenters. The number of amides is 2. The summed E-state index contributed by atoms with van der Waals surface area (Å²) in [5.41, 5.74) is 1.42. The molecule has 0 saturated carbocycles. The molecule has 0 aliphatic carbocycles. The predicted molar refractivity (Wildman–Crippen MR) is 134 cm³/mol. The summed E-state index contributed by atoms with van der Waals surface area (Å²) in [5, 5.41) is 5.43. The molecule has 0 radical (unpaired) electrons. The summed E-state index contributed by atoms with van der Waals surface area (Å²) in [6.45, 7) is 1.58. The number of halogens is 1. The molecule has 1 saturated heterocycles. The molecule has 1 aliphatic heterocycles. The molecule has 188 valence electrons. The van der Waals surface area contributed by atoms with Gasteiger partial charge in [0.15, 0.2) is 0 Å². The van der Waals surface area contributed by atoms with E-state index in [-0.39, 0.29) is 22.0 Å². The number of carbonyl (C=O) groups excluding carboxylic acids is 2. The third kappa shape index (κ3) is 5.06. The number of anilines is 1. The lowest BCUT2D eigenvalue weighted by Gasteiger charge is -2.27. The third-order valence-corrected chi connectivity index (χ3v) is 8.97. The van der Waals surface area contributed by atoms with Gasteiger partial charge in [0, 0.05) is 11.6 Å². The molecule has 1 aliphatic rings. The third-order valence-electron chi connectivity index (χ3n) is 5.81. The molecule has 3 aromatic rings. The lowest BCUT2D eigenvalue weighted by atomic mass is 10.2. The van der Waals surface area contributed by atoms with Gasteiger partial charge in [0.25, 0.3) is 5.91 Å². The maximum atomic E-state index is 13.7. The van der Waals surface area contributed by atoms with Crippen molar-refractivity contribution >= 4 is 49.1 Å². The van der Waals surface area contributed by atoms with Crippen LogP contribution in [-0.4, -0.2) is 39.0 Å². The van der Waals surface area contributed by atoms with E-state index in [0.29, 0.717) is 10.6 Å². The highest BCUT2D eigenvalue weighted by atomic mass is 35.5. The second-order valence-corrected chi connectivity index (χ2v) is 12.1. The van der Waals surface area contributed by atoms with E-state index in [4.69, 9.17) is 16.7 Å². The molecule has 4 rings (SSSR count). The highest BCUT2D eigenvalue weighted by molar-refractivity contribution is 7.89. The van der Waals surface area contributed by atoms with Crippen molar-refractivity contribution in [3.05, 3.63) is 88.9 Å². The summed E-state index contributed by atoms with van der Waals surface area (Å²) in [6.07, 6.45) is -0.398. The standard InChI is InChI=1S/C24H22ClN3O6S2/c1-16-6-10-20(11-7-16)36(33,34)27(15-17-4-2-3-5-21(17)25)22-14-23(29)28(24(22)30)18-8-12-19(13-9-18)35(26,31)32/h2-13,22H,14-15H2,1H3,(H2,26,31,32). The topological polar surface area (TPSA) is 135 Å². The smallest absolute Gasteiger partial charge is 0.252 e. The van der Waals surface area contributed by atoms with E-state index in [1.807, 2.05) is 6.92 Å². The minimum Gasteiger partial charge on any atom is -0.274 e. The van der Waals surface area contributed by atoms with Gasteiger partial charge in [-0.2, -0.15) is 4.31 Å². The number of hydrogen-bond acceptors (Lipinski definition) is 6. The van der Waals surface area contributed by atoms with E-state index in [1.54, 1.807) is 36.4 Å². The highest BCUT2D eigenvalue weighted by Crippen LogP contribution is 2.32. The number of imide groups is 1. The zero-order valence-electron chi connectivity index (χ0n) is 19.0. The summed E-state index contributed by atoms with van der Waals surface area (Å²) in [7, 11) is -8.20. The molecule has 2 amide bonds. The first-order valence-corrected chi connectivity index (χ1v) is 14.1. The number of nitrogens with zero attached hydrogens (tertiary/aromatic N) is 2. The number of aryl methyl sites for hydroxylation is 1. The molecule has 1 heterocycles. The van der Waals surface area contributed by atoms with Crippen molar-refractivity contribution < 1.29 is 26.4 Å². The number of primary sulfonamides is 1. The first-order chi connectivity index (χ1) is 16.9. The molecular weight excluding hydrogens is 526 g/mol. The Kier molecular flexibility index (Phi) is 7.04. The van der Waals surface area contributed by atoms with E-state index in [0.717, 1.165) is 14.8 Å². The lowest BCUT2D eigenvalue weighted by Crippen LogP contribution is -2.45. The van der Waals surface area contributed by atoms with Crippen molar-refractivity contribution in [1.82, 2.24) is 4.31 Å². The van der Waals surface area contributed by atoms with Gasteiger partial charge in [-0.25, -0.2) is 26.9 Å². The average molecular weight is 548 g/mol. The summed E-state index contributed by atoms with van der Waals surface area (Å²) in [6, 6.07) is 16.3. The van der Waals surface area contributed by atoms with Crippen molar-refractivity contribution in [2.45, 2.75) is 35.7 Å². The van der Waals surface area contributed by atoms with Gasteiger partial charge < -0.3 is 0 Å². The molecule has 1 fully saturated rings. The Labute approximate surface area is 214 Å². The fourth-order valence-corrected chi connectivity index (χ4v) is 6.17. The van der Waals surface area contributed by atoms with Crippen LogP contribution in [0, 0.1) is 6.92 Å². The monoisotopic (exact) mass is 547 g/mol. The normalized spacial score (nSPS) is 16.7.